The summed E-state index contributed by atoms with van der Waals surface area (Å²) in [6, 6.07) is 0. The lowest BCUT2D eigenvalue weighted by molar-refractivity contribution is 0.0579. The molecule has 34 heavy (non-hydrogen) atoms. The van der Waals surface area contributed by atoms with Gasteiger partial charge in [-0.05, 0) is 44.6 Å². The molecule has 0 radical (unpaired) electrons. The summed E-state index contributed by atoms with van der Waals surface area (Å²) in [5, 5.41) is 10.7. The summed E-state index contributed by atoms with van der Waals surface area (Å²) in [5.74, 6) is 3.48. The zero-order chi connectivity index (χ0) is 23.3. The zero-order valence-electron chi connectivity index (χ0n) is 19.4. The fourth-order valence-electron chi connectivity index (χ4n) is 5.65. The Hall–Kier alpha value is -2.59. The minimum absolute atomic E-state index is 0.244. The number of hydrogen-bond donors (Lipinski definition) is 1. The molecule has 1 saturated carbocycles. The van der Waals surface area contributed by atoms with Crippen LogP contribution in [-0.2, 0) is 17.2 Å². The molecule has 1 N–H and O–H groups in total. The van der Waals surface area contributed by atoms with Gasteiger partial charge in [-0.25, -0.2) is 15.0 Å². The number of ether oxygens (including phenoxy) is 1. The highest BCUT2D eigenvalue weighted by atomic mass is 32.2. The predicted molar refractivity (Wildman–Crippen MR) is 130 cm³/mol. The normalized spacial score (nSPS) is 25.3. The maximum atomic E-state index is 12.9. The summed E-state index contributed by atoms with van der Waals surface area (Å²) in [4.78, 5) is 24.0. The van der Waals surface area contributed by atoms with Gasteiger partial charge in [-0.15, -0.1) is 0 Å². The van der Waals surface area contributed by atoms with Crippen molar-refractivity contribution in [3.63, 3.8) is 0 Å². The van der Waals surface area contributed by atoms with Crippen molar-refractivity contribution in [1.82, 2.24) is 19.9 Å². The number of hydrogen-bond acceptors (Lipinski definition) is 9. The molecule has 0 unspecified atom stereocenters. The molecule has 2 aromatic heterocycles. The van der Waals surface area contributed by atoms with E-state index in [0.29, 0.717) is 37.0 Å². The highest BCUT2D eigenvalue weighted by Gasteiger charge is 2.53. The molecule has 0 amide bonds. The van der Waals surface area contributed by atoms with Crippen LogP contribution in [0.5, 0.6) is 5.75 Å². The number of aryl methyl sites for hydroxylation is 1. The van der Waals surface area contributed by atoms with Crippen LogP contribution in [0.1, 0.15) is 50.5 Å². The Bertz CT molecular complexity index is 1150. The highest BCUT2D eigenvalue weighted by Crippen LogP contribution is 2.49. The SMILES string of the molecule is CCOc1cnc(C2=CCN(c3nc4c(c(N5CC[C@H](O)C56CCC6)n3)[S@@](=O)CC4)CC2)nc1. The van der Waals surface area contributed by atoms with Crippen molar-refractivity contribution in [2.24, 2.45) is 0 Å². The summed E-state index contributed by atoms with van der Waals surface area (Å²) in [5.41, 5.74) is 1.77. The smallest absolute Gasteiger partial charge is 0.227 e. The van der Waals surface area contributed by atoms with Crippen molar-refractivity contribution >= 4 is 28.1 Å². The second kappa shape index (κ2) is 8.57. The zero-order valence-corrected chi connectivity index (χ0v) is 20.3. The average molecular weight is 483 g/mol. The summed E-state index contributed by atoms with van der Waals surface area (Å²) in [6.07, 6.45) is 10.5. The first kappa shape index (κ1) is 21.9. The van der Waals surface area contributed by atoms with Crippen molar-refractivity contribution in [1.29, 1.82) is 0 Å². The van der Waals surface area contributed by atoms with Crippen molar-refractivity contribution in [3.8, 4) is 5.75 Å². The van der Waals surface area contributed by atoms with Crippen LogP contribution in [0.3, 0.4) is 0 Å². The van der Waals surface area contributed by atoms with Crippen LogP contribution < -0.4 is 14.5 Å². The van der Waals surface area contributed by atoms with Crippen LogP contribution in [0.4, 0.5) is 11.8 Å². The molecule has 10 heteroatoms. The van der Waals surface area contributed by atoms with Crippen molar-refractivity contribution in [2.75, 3.05) is 41.8 Å². The second-order valence-electron chi connectivity index (χ2n) is 9.44. The van der Waals surface area contributed by atoms with E-state index >= 15 is 0 Å². The van der Waals surface area contributed by atoms with Gasteiger partial charge in [0.2, 0.25) is 5.95 Å². The first-order valence-electron chi connectivity index (χ1n) is 12.2. The number of aromatic nitrogens is 4. The maximum Gasteiger partial charge on any atom is 0.227 e. The lowest BCUT2D eigenvalue weighted by atomic mass is 9.73. The summed E-state index contributed by atoms with van der Waals surface area (Å²) < 4.78 is 18.3. The third-order valence-corrected chi connectivity index (χ3v) is 9.08. The predicted octanol–water partition coefficient (Wildman–Crippen LogP) is 2.12. The summed E-state index contributed by atoms with van der Waals surface area (Å²) in [6.45, 7) is 4.71. The Balaban J connectivity index is 1.28. The van der Waals surface area contributed by atoms with Crippen molar-refractivity contribution in [2.45, 2.75) is 62.0 Å². The molecule has 3 aliphatic heterocycles. The van der Waals surface area contributed by atoms with Crippen LogP contribution in [0.15, 0.2) is 23.4 Å². The van der Waals surface area contributed by atoms with Crippen LogP contribution >= 0.6 is 0 Å². The van der Waals surface area contributed by atoms with Gasteiger partial charge in [0.15, 0.2) is 17.4 Å². The molecule has 180 valence electrons. The van der Waals surface area contributed by atoms with Crippen LogP contribution in [0, 0.1) is 0 Å². The van der Waals surface area contributed by atoms with E-state index in [1.165, 1.54) is 0 Å². The molecule has 1 aliphatic carbocycles. The number of aliphatic hydroxyl groups is 1. The van der Waals surface area contributed by atoms with Crippen LogP contribution in [0.2, 0.25) is 0 Å². The summed E-state index contributed by atoms with van der Waals surface area (Å²) in [7, 11) is -1.08. The average Bonchev–Trinajstić information content (AvgIpc) is 3.39. The Morgan fingerprint density at radius 2 is 2.03 bits per heavy atom. The van der Waals surface area contributed by atoms with Gasteiger partial charge in [-0.3, -0.25) is 4.21 Å². The van der Waals surface area contributed by atoms with E-state index in [-0.39, 0.29) is 11.6 Å². The van der Waals surface area contributed by atoms with Crippen molar-refractivity contribution < 1.29 is 14.1 Å². The minimum Gasteiger partial charge on any atom is -0.491 e. The first-order valence-corrected chi connectivity index (χ1v) is 13.5. The molecule has 9 nitrogen and oxygen atoms in total. The number of anilines is 2. The van der Waals surface area contributed by atoms with Gasteiger partial charge >= 0.3 is 0 Å². The Kier molecular flexibility index (Phi) is 5.52. The van der Waals surface area contributed by atoms with Gasteiger partial charge in [-0.1, -0.05) is 6.08 Å². The van der Waals surface area contributed by atoms with E-state index < -0.39 is 10.8 Å². The molecular formula is C24H30N6O3S. The lowest BCUT2D eigenvalue weighted by Crippen LogP contribution is -2.56. The number of nitrogens with zero attached hydrogens (tertiary/aromatic N) is 6. The van der Waals surface area contributed by atoms with E-state index in [1.54, 1.807) is 12.4 Å². The Morgan fingerprint density at radius 3 is 2.71 bits per heavy atom. The standard InChI is InChI=1S/C24H30N6O3S/c1-2-33-17-14-25-21(26-15-17)16-4-10-29(11-5-16)23-27-18-7-13-34(32)20(18)22(28-23)30-12-6-19(31)24(30)8-3-9-24/h4,14-15,19,31H,2-3,5-13H2,1H3/t19-,34-/m0/s1. The van der Waals surface area contributed by atoms with Crippen LogP contribution in [-0.4, -0.2) is 72.9 Å². The van der Waals surface area contributed by atoms with E-state index in [2.05, 4.69) is 25.8 Å². The molecule has 2 fully saturated rings. The quantitative estimate of drug-likeness (QED) is 0.686. The fourth-order valence-corrected chi connectivity index (χ4v) is 7.00. The molecule has 2 aromatic rings. The van der Waals surface area contributed by atoms with Gasteiger partial charge in [0.1, 0.15) is 4.90 Å². The molecule has 1 spiro atoms. The summed E-state index contributed by atoms with van der Waals surface area (Å²) >= 11 is 0. The molecule has 2 atom stereocenters. The van der Waals surface area contributed by atoms with Gasteiger partial charge in [0.05, 0.1) is 47.1 Å². The third-order valence-electron chi connectivity index (χ3n) is 7.64. The molecular weight excluding hydrogens is 452 g/mol. The molecule has 1 saturated heterocycles. The van der Waals surface area contributed by atoms with E-state index in [4.69, 9.17) is 14.7 Å². The Labute approximate surface area is 201 Å². The highest BCUT2D eigenvalue weighted by molar-refractivity contribution is 7.85. The van der Waals surface area contributed by atoms with Gasteiger partial charge < -0.3 is 19.6 Å². The largest absolute Gasteiger partial charge is 0.491 e. The van der Waals surface area contributed by atoms with E-state index in [1.807, 2.05) is 6.92 Å². The van der Waals surface area contributed by atoms with E-state index in [0.717, 1.165) is 73.0 Å². The van der Waals surface area contributed by atoms with Gasteiger partial charge in [0, 0.05) is 31.8 Å². The van der Waals surface area contributed by atoms with Crippen molar-refractivity contribution in [3.05, 3.63) is 30.0 Å². The fraction of sp³-hybridized carbons (Fsp3) is 0.583. The Morgan fingerprint density at radius 1 is 1.21 bits per heavy atom. The van der Waals surface area contributed by atoms with Gasteiger partial charge in [0.25, 0.3) is 0 Å². The first-order chi connectivity index (χ1) is 16.6. The number of aliphatic hydroxyl groups excluding tert-OH is 1. The maximum absolute atomic E-state index is 12.9. The topological polar surface area (TPSA) is 105 Å². The lowest BCUT2D eigenvalue weighted by Gasteiger charge is -2.48. The van der Waals surface area contributed by atoms with E-state index in [9.17, 15) is 9.32 Å². The molecule has 6 rings (SSSR count). The molecule has 0 bridgehead atoms. The van der Waals surface area contributed by atoms with Crippen LogP contribution in [0.25, 0.3) is 5.57 Å². The number of fused-ring (bicyclic) bond motifs is 1. The number of rotatable bonds is 5. The van der Waals surface area contributed by atoms with Gasteiger partial charge in [-0.2, -0.15) is 4.98 Å². The monoisotopic (exact) mass is 482 g/mol. The molecule has 4 aliphatic rings. The molecule has 5 heterocycles. The third kappa shape index (κ3) is 3.50. The second-order valence-corrected chi connectivity index (χ2v) is 10.9. The minimum atomic E-state index is -1.08. The molecule has 0 aromatic carbocycles.